The lowest BCUT2D eigenvalue weighted by Crippen LogP contribution is -2.30. The lowest BCUT2D eigenvalue weighted by Gasteiger charge is -2.24. The number of hydrogen-bond donors (Lipinski definition) is 0. The molecule has 1 aliphatic heterocycles. The van der Waals surface area contributed by atoms with Crippen molar-refractivity contribution < 1.29 is 4.79 Å². The van der Waals surface area contributed by atoms with Crippen molar-refractivity contribution in [2.24, 2.45) is 0 Å². The summed E-state index contributed by atoms with van der Waals surface area (Å²) >= 11 is 9.43. The number of amides is 1. The third-order valence-electron chi connectivity index (χ3n) is 3.64. The van der Waals surface area contributed by atoms with E-state index in [4.69, 9.17) is 11.6 Å². The smallest absolute Gasteiger partial charge is 0.255 e. The molecule has 22 heavy (non-hydrogen) atoms. The first-order chi connectivity index (χ1) is 10.7. The van der Waals surface area contributed by atoms with Gasteiger partial charge in [-0.05, 0) is 48.2 Å². The fourth-order valence-corrected chi connectivity index (χ4v) is 4.27. The van der Waals surface area contributed by atoms with Crippen LogP contribution in [0.2, 0.25) is 5.02 Å². The molecule has 0 aromatic heterocycles. The SMILES string of the molecule is CSc1ccc(C(=O)N2CCSC2c2ccc(Cl)cc2)cc1. The summed E-state index contributed by atoms with van der Waals surface area (Å²) in [5, 5.41) is 0.794. The predicted octanol–water partition coefficient (Wildman–Crippen LogP) is 4.95. The molecule has 0 radical (unpaired) electrons. The predicted molar refractivity (Wildman–Crippen MR) is 95.9 cm³/mol. The van der Waals surface area contributed by atoms with Crippen LogP contribution in [-0.2, 0) is 0 Å². The van der Waals surface area contributed by atoms with Crippen LogP contribution in [0.25, 0.3) is 0 Å². The molecule has 2 nitrogen and oxygen atoms in total. The van der Waals surface area contributed by atoms with Crippen molar-refractivity contribution in [2.45, 2.75) is 10.3 Å². The third-order valence-corrected chi connectivity index (χ3v) is 5.90. The molecular weight excluding hydrogens is 334 g/mol. The van der Waals surface area contributed by atoms with Crippen LogP contribution in [-0.4, -0.2) is 29.4 Å². The minimum Gasteiger partial charge on any atom is -0.322 e. The van der Waals surface area contributed by atoms with Gasteiger partial charge in [0.1, 0.15) is 5.37 Å². The van der Waals surface area contributed by atoms with Crippen molar-refractivity contribution in [2.75, 3.05) is 18.6 Å². The number of halogens is 1. The summed E-state index contributed by atoms with van der Waals surface area (Å²) < 4.78 is 0. The van der Waals surface area contributed by atoms with Crippen LogP contribution in [0.5, 0.6) is 0 Å². The fraction of sp³-hybridized carbons (Fsp3) is 0.235. The lowest BCUT2D eigenvalue weighted by molar-refractivity contribution is 0.0760. The van der Waals surface area contributed by atoms with Crippen LogP contribution in [0, 0.1) is 0 Å². The Labute approximate surface area is 144 Å². The molecule has 2 aromatic carbocycles. The van der Waals surface area contributed by atoms with E-state index in [2.05, 4.69) is 0 Å². The highest BCUT2D eigenvalue weighted by Gasteiger charge is 2.31. The highest BCUT2D eigenvalue weighted by atomic mass is 35.5. The van der Waals surface area contributed by atoms with E-state index in [0.717, 1.165) is 28.4 Å². The van der Waals surface area contributed by atoms with Crippen molar-refractivity contribution in [3.8, 4) is 0 Å². The van der Waals surface area contributed by atoms with E-state index < -0.39 is 0 Å². The monoisotopic (exact) mass is 349 g/mol. The van der Waals surface area contributed by atoms with Gasteiger partial charge < -0.3 is 4.90 Å². The van der Waals surface area contributed by atoms with Crippen molar-refractivity contribution >= 4 is 41.0 Å². The van der Waals surface area contributed by atoms with Gasteiger partial charge in [-0.2, -0.15) is 0 Å². The second-order valence-corrected chi connectivity index (χ2v) is 7.51. The summed E-state index contributed by atoms with van der Waals surface area (Å²) in [7, 11) is 0. The van der Waals surface area contributed by atoms with E-state index in [1.54, 1.807) is 23.5 Å². The van der Waals surface area contributed by atoms with E-state index in [0.29, 0.717) is 0 Å². The molecule has 1 amide bonds. The maximum Gasteiger partial charge on any atom is 0.255 e. The second kappa shape index (κ2) is 6.99. The quantitative estimate of drug-likeness (QED) is 0.731. The first kappa shape index (κ1) is 15.8. The van der Waals surface area contributed by atoms with Crippen LogP contribution in [0.3, 0.4) is 0 Å². The van der Waals surface area contributed by atoms with Gasteiger partial charge in [-0.3, -0.25) is 4.79 Å². The Morgan fingerprint density at radius 2 is 1.86 bits per heavy atom. The number of nitrogens with zero attached hydrogens (tertiary/aromatic N) is 1. The molecule has 1 heterocycles. The zero-order chi connectivity index (χ0) is 15.5. The van der Waals surface area contributed by atoms with Crippen molar-refractivity contribution in [1.82, 2.24) is 4.90 Å². The fourth-order valence-electron chi connectivity index (χ4n) is 2.48. The van der Waals surface area contributed by atoms with Gasteiger partial charge in [0.15, 0.2) is 0 Å². The maximum atomic E-state index is 12.8. The Kier molecular flexibility index (Phi) is 5.01. The van der Waals surface area contributed by atoms with Gasteiger partial charge in [-0.15, -0.1) is 23.5 Å². The van der Waals surface area contributed by atoms with Crippen LogP contribution < -0.4 is 0 Å². The minimum absolute atomic E-state index is 0.0741. The molecule has 0 aliphatic carbocycles. The summed E-state index contributed by atoms with van der Waals surface area (Å²) in [5.74, 6) is 1.06. The van der Waals surface area contributed by atoms with E-state index in [9.17, 15) is 4.79 Å². The van der Waals surface area contributed by atoms with Crippen molar-refractivity contribution in [3.63, 3.8) is 0 Å². The van der Waals surface area contributed by atoms with Gasteiger partial charge in [0.05, 0.1) is 0 Å². The first-order valence-corrected chi connectivity index (χ1v) is 9.66. The van der Waals surface area contributed by atoms with Crippen LogP contribution in [0.4, 0.5) is 0 Å². The number of rotatable bonds is 3. The average molecular weight is 350 g/mol. The molecule has 5 heteroatoms. The van der Waals surface area contributed by atoms with Crippen LogP contribution in [0.1, 0.15) is 21.3 Å². The van der Waals surface area contributed by atoms with Gasteiger partial charge in [0, 0.05) is 27.8 Å². The summed E-state index contributed by atoms with van der Waals surface area (Å²) in [6.45, 7) is 0.779. The van der Waals surface area contributed by atoms with E-state index in [-0.39, 0.29) is 11.3 Å². The van der Waals surface area contributed by atoms with Crippen LogP contribution in [0.15, 0.2) is 53.4 Å². The highest BCUT2D eigenvalue weighted by molar-refractivity contribution is 7.99. The Morgan fingerprint density at radius 1 is 1.18 bits per heavy atom. The molecule has 0 spiro atoms. The summed E-state index contributed by atoms with van der Waals surface area (Å²) in [4.78, 5) is 15.9. The molecule has 3 rings (SSSR count). The van der Waals surface area contributed by atoms with Crippen LogP contribution >= 0.6 is 35.1 Å². The zero-order valence-electron chi connectivity index (χ0n) is 12.2. The average Bonchev–Trinajstić information content (AvgIpc) is 3.04. The molecule has 0 saturated carbocycles. The Balaban J connectivity index is 1.82. The molecule has 114 valence electrons. The number of hydrogen-bond acceptors (Lipinski definition) is 3. The van der Waals surface area contributed by atoms with Crippen molar-refractivity contribution in [3.05, 3.63) is 64.7 Å². The minimum atomic E-state index is 0.0741. The first-order valence-electron chi connectivity index (χ1n) is 7.01. The topological polar surface area (TPSA) is 20.3 Å². The third kappa shape index (κ3) is 3.29. The summed E-state index contributed by atoms with van der Waals surface area (Å²) in [5.41, 5.74) is 1.88. The largest absolute Gasteiger partial charge is 0.322 e. The van der Waals surface area contributed by atoms with E-state index in [1.807, 2.05) is 59.7 Å². The Bertz CT molecular complexity index is 657. The van der Waals surface area contributed by atoms with Gasteiger partial charge >= 0.3 is 0 Å². The molecule has 0 N–H and O–H groups in total. The molecule has 2 aromatic rings. The Morgan fingerprint density at radius 3 is 2.50 bits per heavy atom. The molecular formula is C17H16ClNOS2. The van der Waals surface area contributed by atoms with Crippen molar-refractivity contribution in [1.29, 1.82) is 0 Å². The van der Waals surface area contributed by atoms with E-state index in [1.165, 1.54) is 4.90 Å². The molecule has 0 bridgehead atoms. The van der Waals surface area contributed by atoms with Gasteiger partial charge in [0.25, 0.3) is 5.91 Å². The zero-order valence-corrected chi connectivity index (χ0v) is 14.5. The normalized spacial score (nSPS) is 17.7. The number of thioether (sulfide) groups is 2. The van der Waals surface area contributed by atoms with Gasteiger partial charge in [-0.1, -0.05) is 23.7 Å². The molecule has 1 aliphatic rings. The molecule has 1 unspecified atom stereocenters. The second-order valence-electron chi connectivity index (χ2n) is 5.00. The Hall–Kier alpha value is -1.10. The molecule has 1 saturated heterocycles. The summed E-state index contributed by atoms with van der Waals surface area (Å²) in [6.07, 6.45) is 2.03. The summed E-state index contributed by atoms with van der Waals surface area (Å²) in [6, 6.07) is 15.6. The standard InChI is InChI=1S/C17H16ClNOS2/c1-21-15-8-4-12(5-9-15)16(20)19-10-11-22-17(19)13-2-6-14(18)7-3-13/h2-9,17H,10-11H2,1H3. The maximum absolute atomic E-state index is 12.8. The number of carbonyl (C=O) groups is 1. The van der Waals surface area contributed by atoms with E-state index >= 15 is 0 Å². The number of carbonyl (C=O) groups excluding carboxylic acids is 1. The highest BCUT2D eigenvalue weighted by Crippen LogP contribution is 2.39. The molecule has 1 atom stereocenters. The lowest BCUT2D eigenvalue weighted by atomic mass is 10.1. The van der Waals surface area contributed by atoms with Gasteiger partial charge in [-0.25, -0.2) is 0 Å². The molecule has 1 fully saturated rings. The number of benzene rings is 2. The van der Waals surface area contributed by atoms with Gasteiger partial charge in [0.2, 0.25) is 0 Å².